The summed E-state index contributed by atoms with van der Waals surface area (Å²) < 4.78 is 17.0. The normalized spacial score (nSPS) is 17.8. The lowest BCUT2D eigenvalue weighted by atomic mass is 10.1. The number of nitrogens with zero attached hydrogens (tertiary/aromatic N) is 3. The Morgan fingerprint density at radius 3 is 3.00 bits per heavy atom. The summed E-state index contributed by atoms with van der Waals surface area (Å²) in [6.07, 6.45) is 3.81. The van der Waals surface area contributed by atoms with Gasteiger partial charge in [0.1, 0.15) is 17.7 Å². The summed E-state index contributed by atoms with van der Waals surface area (Å²) in [5.41, 5.74) is 7.57. The molecule has 136 valence electrons. The van der Waals surface area contributed by atoms with Crippen LogP contribution in [0.25, 0.3) is 11.0 Å². The van der Waals surface area contributed by atoms with Gasteiger partial charge in [0.05, 0.1) is 20.1 Å². The van der Waals surface area contributed by atoms with Gasteiger partial charge in [0.15, 0.2) is 5.65 Å². The lowest BCUT2D eigenvalue weighted by molar-refractivity contribution is -0.693. The molecule has 7 heteroatoms. The third-order valence-corrected chi connectivity index (χ3v) is 5.06. The minimum absolute atomic E-state index is 0.0874. The van der Waals surface area contributed by atoms with Crippen LogP contribution in [-0.2, 0) is 13.6 Å². The van der Waals surface area contributed by atoms with Gasteiger partial charge in [-0.25, -0.2) is 13.8 Å². The summed E-state index contributed by atoms with van der Waals surface area (Å²) >= 11 is 0. The number of benzene rings is 1. The molecule has 0 aliphatic carbocycles. The summed E-state index contributed by atoms with van der Waals surface area (Å²) in [7, 11) is 1.75. The van der Waals surface area contributed by atoms with Gasteiger partial charge in [0.25, 0.3) is 0 Å². The first-order valence-electron chi connectivity index (χ1n) is 8.89. The Labute approximate surface area is 150 Å². The van der Waals surface area contributed by atoms with Gasteiger partial charge in [-0.1, -0.05) is 12.1 Å². The summed E-state index contributed by atoms with van der Waals surface area (Å²) in [5.74, 6) is 0.549. The molecule has 0 radical (unpaired) electrons. The van der Waals surface area contributed by atoms with Crippen LogP contribution < -0.4 is 20.9 Å². The van der Waals surface area contributed by atoms with E-state index in [1.807, 2.05) is 18.3 Å². The third kappa shape index (κ3) is 2.88. The number of nitrogens with two attached hydrogens (primary N) is 1. The van der Waals surface area contributed by atoms with Gasteiger partial charge in [-0.05, 0) is 36.6 Å². The topological polar surface area (TPSA) is 70.9 Å². The lowest BCUT2D eigenvalue weighted by Gasteiger charge is -2.29. The number of aryl methyl sites for hydroxylation is 1. The van der Waals surface area contributed by atoms with E-state index in [1.165, 1.54) is 12.1 Å². The summed E-state index contributed by atoms with van der Waals surface area (Å²) in [5, 5.41) is 0.970. The third-order valence-electron chi connectivity index (χ3n) is 5.06. The second-order valence-corrected chi connectivity index (χ2v) is 6.97. The molecular weight excluding hydrogens is 333 g/mol. The summed E-state index contributed by atoms with van der Waals surface area (Å²) in [6.45, 7) is 1.87. The molecule has 26 heavy (non-hydrogen) atoms. The van der Waals surface area contributed by atoms with Crippen molar-refractivity contribution >= 4 is 16.9 Å². The van der Waals surface area contributed by atoms with Crippen LogP contribution in [-0.4, -0.2) is 28.7 Å². The van der Waals surface area contributed by atoms with Crippen molar-refractivity contribution in [2.75, 3.05) is 18.0 Å². The van der Waals surface area contributed by atoms with E-state index >= 15 is 0 Å². The average Bonchev–Trinajstić information content (AvgIpc) is 3.09. The van der Waals surface area contributed by atoms with Crippen molar-refractivity contribution in [1.29, 1.82) is 0 Å². The second kappa shape index (κ2) is 6.57. The van der Waals surface area contributed by atoms with Gasteiger partial charge in [-0.2, -0.15) is 4.57 Å². The van der Waals surface area contributed by atoms with Crippen LogP contribution in [0.1, 0.15) is 18.4 Å². The number of halogens is 1. The van der Waals surface area contributed by atoms with Crippen LogP contribution in [0.2, 0.25) is 0 Å². The number of aromatic amines is 1. The van der Waals surface area contributed by atoms with Crippen LogP contribution in [0.4, 0.5) is 10.2 Å². The largest absolute Gasteiger partial charge is 0.444 e. The number of nitrogens with one attached hydrogen (secondary N) is 1. The molecule has 3 N–H and O–H groups in total. The van der Waals surface area contributed by atoms with E-state index in [2.05, 4.69) is 9.88 Å². The first kappa shape index (κ1) is 16.8. The number of rotatable bonds is 3. The first-order chi connectivity index (χ1) is 12.5. The average molecular weight is 356 g/mol. The Hall–Kier alpha value is -2.67. The Morgan fingerprint density at radius 1 is 1.38 bits per heavy atom. The van der Waals surface area contributed by atoms with E-state index in [4.69, 9.17) is 5.73 Å². The monoisotopic (exact) mass is 356 g/mol. The van der Waals surface area contributed by atoms with Crippen LogP contribution in [0, 0.1) is 5.82 Å². The Balaban J connectivity index is 1.90. The van der Waals surface area contributed by atoms with Crippen LogP contribution in [0.3, 0.4) is 0 Å². The molecule has 1 aromatic carbocycles. The fraction of sp³-hybridized carbons (Fsp3) is 0.368. The molecule has 1 atom stereocenters. The number of H-pyrrole nitrogens is 1. The van der Waals surface area contributed by atoms with E-state index in [1.54, 1.807) is 22.2 Å². The molecule has 1 aliphatic heterocycles. The second-order valence-electron chi connectivity index (χ2n) is 6.97. The van der Waals surface area contributed by atoms with Crippen LogP contribution in [0.15, 0.2) is 41.3 Å². The molecule has 0 saturated carbocycles. The maximum absolute atomic E-state index is 13.6. The van der Waals surface area contributed by atoms with Crippen molar-refractivity contribution in [2.45, 2.75) is 25.4 Å². The number of fused-ring (bicyclic) bond motifs is 1. The van der Waals surface area contributed by atoms with Crippen molar-refractivity contribution in [2.24, 2.45) is 12.8 Å². The van der Waals surface area contributed by atoms with Crippen molar-refractivity contribution in [1.82, 2.24) is 9.55 Å². The van der Waals surface area contributed by atoms with Crippen LogP contribution in [0.5, 0.6) is 0 Å². The molecule has 1 saturated heterocycles. The van der Waals surface area contributed by atoms with Gasteiger partial charge in [0.2, 0.25) is 5.82 Å². The van der Waals surface area contributed by atoms with Gasteiger partial charge < -0.3 is 10.7 Å². The van der Waals surface area contributed by atoms with Crippen molar-refractivity contribution < 1.29 is 8.96 Å². The van der Waals surface area contributed by atoms with Crippen molar-refractivity contribution in [3.8, 4) is 0 Å². The minimum Gasteiger partial charge on any atom is -0.335 e. The molecule has 0 amide bonds. The van der Waals surface area contributed by atoms with E-state index in [0.29, 0.717) is 13.1 Å². The SMILES string of the molecule is Cn1c(=O)[n+](Cc2cccc(F)c2)c(N2CCC[C@@H](N)C2)c2cc[nH]c21. The Morgan fingerprint density at radius 2 is 2.23 bits per heavy atom. The molecule has 0 bridgehead atoms. The van der Waals surface area contributed by atoms with E-state index < -0.39 is 0 Å². The standard InChI is InChI=1S/C19H22FN5O/c1-23-17-16(7-8-22-17)18(24-9-3-6-15(21)12-24)25(19(23)26)11-13-4-2-5-14(20)10-13/h2,4-5,7-8,10,15H,3,6,9,11-12,21H2,1H3/p+1/t15-/m1/s1. The number of anilines is 1. The molecule has 0 unspecified atom stereocenters. The number of piperidine rings is 1. The summed E-state index contributed by atoms with van der Waals surface area (Å²) in [4.78, 5) is 18.4. The zero-order chi connectivity index (χ0) is 18.3. The van der Waals surface area contributed by atoms with E-state index in [0.717, 1.165) is 41.8 Å². The highest BCUT2D eigenvalue weighted by molar-refractivity contribution is 5.86. The molecular formula is C19H23FN5O+. The molecule has 3 aromatic rings. The number of hydrogen-bond donors (Lipinski definition) is 2. The highest BCUT2D eigenvalue weighted by atomic mass is 19.1. The molecule has 3 heterocycles. The van der Waals surface area contributed by atoms with E-state index in [-0.39, 0.29) is 17.5 Å². The molecule has 1 aliphatic rings. The maximum atomic E-state index is 13.6. The predicted molar refractivity (Wildman–Crippen MR) is 98.7 cm³/mol. The van der Waals surface area contributed by atoms with Crippen molar-refractivity contribution in [3.63, 3.8) is 0 Å². The Bertz CT molecular complexity index is 1010. The lowest BCUT2D eigenvalue weighted by Crippen LogP contribution is -2.59. The fourth-order valence-corrected chi connectivity index (χ4v) is 3.84. The molecule has 1 fully saturated rings. The zero-order valence-corrected chi connectivity index (χ0v) is 14.8. The van der Waals surface area contributed by atoms with Gasteiger partial charge >= 0.3 is 5.69 Å². The molecule has 2 aromatic heterocycles. The predicted octanol–water partition coefficient (Wildman–Crippen LogP) is 1.27. The van der Waals surface area contributed by atoms with Gasteiger partial charge in [-0.3, -0.25) is 4.90 Å². The van der Waals surface area contributed by atoms with Crippen LogP contribution >= 0.6 is 0 Å². The van der Waals surface area contributed by atoms with Gasteiger partial charge in [-0.15, -0.1) is 0 Å². The maximum Gasteiger partial charge on any atom is 0.444 e. The van der Waals surface area contributed by atoms with Crippen molar-refractivity contribution in [3.05, 3.63) is 58.4 Å². The molecule has 6 nitrogen and oxygen atoms in total. The summed E-state index contributed by atoms with van der Waals surface area (Å²) in [6, 6.07) is 8.45. The number of hydrogen-bond acceptors (Lipinski definition) is 3. The van der Waals surface area contributed by atoms with E-state index in [9.17, 15) is 9.18 Å². The highest BCUT2D eigenvalue weighted by Gasteiger charge is 2.30. The minimum atomic E-state index is -0.302. The highest BCUT2D eigenvalue weighted by Crippen LogP contribution is 2.24. The number of aromatic nitrogens is 3. The zero-order valence-electron chi connectivity index (χ0n) is 14.8. The quantitative estimate of drug-likeness (QED) is 0.695. The Kier molecular flexibility index (Phi) is 4.24. The fourth-order valence-electron chi connectivity index (χ4n) is 3.84. The van der Waals surface area contributed by atoms with Gasteiger partial charge in [0, 0.05) is 12.2 Å². The first-order valence-corrected chi connectivity index (χ1v) is 8.89. The smallest absolute Gasteiger partial charge is 0.335 e. The molecule has 4 rings (SSSR count). The molecule has 0 spiro atoms.